The Morgan fingerprint density at radius 1 is 1.47 bits per heavy atom. The van der Waals surface area contributed by atoms with Gasteiger partial charge in [0.15, 0.2) is 0 Å². The fraction of sp³-hybridized carbons (Fsp3) is 0.615. The molecule has 3 nitrogen and oxygen atoms in total. The van der Waals surface area contributed by atoms with E-state index >= 15 is 0 Å². The standard InChI is InChI=1S/C13H19NO2S/c1-9-7-8-17-12(9)13(16)14(2)10-5-3-4-6-11(10)15/h7-8,10-11,15H,3-6H2,1-2H3. The molecule has 2 atom stereocenters. The van der Waals surface area contributed by atoms with E-state index in [0.717, 1.165) is 36.1 Å². The molecule has 0 aromatic carbocycles. The predicted octanol–water partition coefficient (Wildman–Crippen LogP) is 2.43. The summed E-state index contributed by atoms with van der Waals surface area (Å²) in [6.07, 6.45) is 3.53. The molecule has 94 valence electrons. The monoisotopic (exact) mass is 253 g/mol. The molecule has 4 heteroatoms. The van der Waals surface area contributed by atoms with E-state index in [2.05, 4.69) is 0 Å². The van der Waals surface area contributed by atoms with Gasteiger partial charge in [0.1, 0.15) is 0 Å². The van der Waals surface area contributed by atoms with Crippen LogP contribution in [0, 0.1) is 6.92 Å². The molecule has 1 aliphatic rings. The van der Waals surface area contributed by atoms with Gasteiger partial charge in [0.2, 0.25) is 0 Å². The third kappa shape index (κ3) is 2.53. The van der Waals surface area contributed by atoms with Gasteiger partial charge in [-0.15, -0.1) is 11.3 Å². The molecule has 1 aromatic heterocycles. The Morgan fingerprint density at radius 2 is 2.18 bits per heavy atom. The van der Waals surface area contributed by atoms with Gasteiger partial charge in [-0.3, -0.25) is 4.79 Å². The van der Waals surface area contributed by atoms with Crippen molar-refractivity contribution in [2.75, 3.05) is 7.05 Å². The molecule has 0 spiro atoms. The molecule has 1 aliphatic carbocycles. The Bertz CT molecular complexity index is 402. The van der Waals surface area contributed by atoms with E-state index in [-0.39, 0.29) is 18.1 Å². The third-order valence-corrected chi connectivity index (χ3v) is 4.57. The zero-order valence-corrected chi connectivity index (χ0v) is 11.2. The summed E-state index contributed by atoms with van der Waals surface area (Å²) in [4.78, 5) is 14.8. The van der Waals surface area contributed by atoms with Crippen LogP contribution >= 0.6 is 11.3 Å². The van der Waals surface area contributed by atoms with Crippen LogP contribution in [0.3, 0.4) is 0 Å². The number of likely N-dealkylation sites (N-methyl/N-ethyl adjacent to an activating group) is 1. The van der Waals surface area contributed by atoms with Crippen LogP contribution in [0.5, 0.6) is 0 Å². The smallest absolute Gasteiger partial charge is 0.264 e. The molecule has 1 amide bonds. The molecule has 1 saturated carbocycles. The van der Waals surface area contributed by atoms with E-state index in [4.69, 9.17) is 0 Å². The van der Waals surface area contributed by atoms with Crippen LogP contribution in [-0.4, -0.2) is 35.1 Å². The normalized spacial score (nSPS) is 24.6. The number of aliphatic hydroxyl groups excluding tert-OH is 1. The van der Waals surface area contributed by atoms with Gasteiger partial charge >= 0.3 is 0 Å². The van der Waals surface area contributed by atoms with Crippen molar-refractivity contribution in [3.63, 3.8) is 0 Å². The maximum Gasteiger partial charge on any atom is 0.264 e. The van der Waals surface area contributed by atoms with Gasteiger partial charge in [0.25, 0.3) is 5.91 Å². The second-order valence-corrected chi connectivity index (χ2v) is 5.68. The number of rotatable bonds is 2. The Balaban J connectivity index is 2.11. The zero-order chi connectivity index (χ0) is 12.4. The summed E-state index contributed by atoms with van der Waals surface area (Å²) in [5.41, 5.74) is 1.03. The van der Waals surface area contributed by atoms with Gasteiger partial charge in [-0.25, -0.2) is 0 Å². The Morgan fingerprint density at radius 3 is 2.76 bits per heavy atom. The minimum absolute atomic E-state index is 0.0160. The lowest BCUT2D eigenvalue weighted by Gasteiger charge is -2.35. The Hall–Kier alpha value is -0.870. The van der Waals surface area contributed by atoms with Gasteiger partial charge in [-0.2, -0.15) is 0 Å². The fourth-order valence-corrected chi connectivity index (χ4v) is 3.35. The lowest BCUT2D eigenvalue weighted by molar-refractivity contribution is 0.0270. The number of amides is 1. The number of aryl methyl sites for hydroxylation is 1. The fourth-order valence-electron chi connectivity index (χ4n) is 2.45. The molecule has 0 bridgehead atoms. The second kappa shape index (κ2) is 5.19. The van der Waals surface area contributed by atoms with Gasteiger partial charge in [-0.1, -0.05) is 12.8 Å². The van der Waals surface area contributed by atoms with Gasteiger partial charge in [0.05, 0.1) is 17.0 Å². The highest BCUT2D eigenvalue weighted by Crippen LogP contribution is 2.25. The summed E-state index contributed by atoms with van der Waals surface area (Å²) in [6, 6.07) is 1.95. The number of nitrogens with zero attached hydrogens (tertiary/aromatic N) is 1. The van der Waals surface area contributed by atoms with Crippen LogP contribution in [-0.2, 0) is 0 Å². The molecule has 17 heavy (non-hydrogen) atoms. The van der Waals surface area contributed by atoms with Crippen molar-refractivity contribution in [1.82, 2.24) is 4.90 Å². The van der Waals surface area contributed by atoms with Crippen molar-refractivity contribution in [3.8, 4) is 0 Å². The highest BCUT2D eigenvalue weighted by atomic mass is 32.1. The van der Waals surface area contributed by atoms with Crippen molar-refractivity contribution in [2.45, 2.75) is 44.8 Å². The number of carbonyl (C=O) groups is 1. The summed E-state index contributed by atoms with van der Waals surface area (Å²) in [6.45, 7) is 1.95. The van der Waals surface area contributed by atoms with Gasteiger partial charge in [0, 0.05) is 7.05 Å². The quantitative estimate of drug-likeness (QED) is 0.879. The highest BCUT2D eigenvalue weighted by Gasteiger charge is 2.30. The first-order chi connectivity index (χ1) is 8.11. The molecule has 0 aliphatic heterocycles. The van der Waals surface area contributed by atoms with Crippen LogP contribution in [0.4, 0.5) is 0 Å². The SMILES string of the molecule is Cc1ccsc1C(=O)N(C)C1CCCCC1O. The van der Waals surface area contributed by atoms with Crippen LogP contribution in [0.25, 0.3) is 0 Å². The average Bonchev–Trinajstić information content (AvgIpc) is 2.74. The van der Waals surface area contributed by atoms with Crippen LogP contribution < -0.4 is 0 Å². The maximum absolute atomic E-state index is 12.3. The van der Waals surface area contributed by atoms with E-state index in [9.17, 15) is 9.90 Å². The van der Waals surface area contributed by atoms with Crippen molar-refractivity contribution in [1.29, 1.82) is 0 Å². The molecule has 0 saturated heterocycles. The van der Waals surface area contributed by atoms with Crippen molar-refractivity contribution in [3.05, 3.63) is 21.9 Å². The number of hydrogen-bond donors (Lipinski definition) is 1. The van der Waals surface area contributed by atoms with E-state index in [1.807, 2.05) is 18.4 Å². The number of aliphatic hydroxyl groups is 1. The molecular formula is C13H19NO2S. The summed E-state index contributed by atoms with van der Waals surface area (Å²) < 4.78 is 0. The highest BCUT2D eigenvalue weighted by molar-refractivity contribution is 7.12. The molecule has 1 N–H and O–H groups in total. The Labute approximate surface area is 106 Å². The van der Waals surface area contributed by atoms with Gasteiger partial charge < -0.3 is 10.0 Å². The zero-order valence-electron chi connectivity index (χ0n) is 10.3. The van der Waals surface area contributed by atoms with Crippen LogP contribution in [0.15, 0.2) is 11.4 Å². The molecular weight excluding hydrogens is 234 g/mol. The van der Waals surface area contributed by atoms with Crippen LogP contribution in [0.2, 0.25) is 0 Å². The lowest BCUT2D eigenvalue weighted by atomic mass is 9.91. The van der Waals surface area contributed by atoms with E-state index in [0.29, 0.717) is 0 Å². The largest absolute Gasteiger partial charge is 0.391 e. The van der Waals surface area contributed by atoms with Crippen molar-refractivity contribution < 1.29 is 9.90 Å². The number of thiophene rings is 1. The lowest BCUT2D eigenvalue weighted by Crippen LogP contribution is -2.46. The summed E-state index contributed by atoms with van der Waals surface area (Å²) in [5.74, 6) is 0.0449. The number of carbonyl (C=O) groups excluding carboxylic acids is 1. The summed E-state index contributed by atoms with van der Waals surface area (Å²) in [5, 5.41) is 11.9. The first-order valence-corrected chi connectivity index (χ1v) is 6.98. The number of hydrogen-bond acceptors (Lipinski definition) is 3. The minimum atomic E-state index is -0.363. The summed E-state index contributed by atoms with van der Waals surface area (Å²) >= 11 is 1.48. The Kier molecular flexibility index (Phi) is 3.84. The third-order valence-electron chi connectivity index (χ3n) is 3.57. The van der Waals surface area contributed by atoms with E-state index in [1.54, 1.807) is 11.9 Å². The first-order valence-electron chi connectivity index (χ1n) is 6.10. The molecule has 0 radical (unpaired) electrons. The van der Waals surface area contributed by atoms with Gasteiger partial charge in [-0.05, 0) is 36.8 Å². The predicted molar refractivity (Wildman–Crippen MR) is 69.4 cm³/mol. The maximum atomic E-state index is 12.3. The van der Waals surface area contributed by atoms with Crippen molar-refractivity contribution >= 4 is 17.2 Å². The molecule has 2 unspecified atom stereocenters. The average molecular weight is 253 g/mol. The first kappa shape index (κ1) is 12.6. The molecule has 2 rings (SSSR count). The minimum Gasteiger partial charge on any atom is -0.391 e. The molecule has 1 fully saturated rings. The van der Waals surface area contributed by atoms with E-state index in [1.165, 1.54) is 11.3 Å². The topological polar surface area (TPSA) is 40.5 Å². The molecule has 1 heterocycles. The van der Waals surface area contributed by atoms with E-state index < -0.39 is 0 Å². The molecule has 1 aromatic rings. The van der Waals surface area contributed by atoms with Crippen LogP contribution in [0.1, 0.15) is 40.9 Å². The summed E-state index contributed by atoms with van der Waals surface area (Å²) in [7, 11) is 1.81. The van der Waals surface area contributed by atoms with Crippen molar-refractivity contribution in [2.24, 2.45) is 0 Å². The second-order valence-electron chi connectivity index (χ2n) is 4.77.